The Kier molecular flexibility index (Phi) is 6.05. The van der Waals surface area contributed by atoms with Gasteiger partial charge < -0.3 is 4.57 Å². The fourth-order valence-corrected chi connectivity index (χ4v) is 5.16. The minimum absolute atomic E-state index is 0.216. The van der Waals surface area contributed by atoms with Crippen molar-refractivity contribution < 1.29 is 9.59 Å². The van der Waals surface area contributed by atoms with Crippen LogP contribution in [0.15, 0.2) is 59.8 Å². The molecule has 3 aromatic rings. The van der Waals surface area contributed by atoms with Gasteiger partial charge in [-0.15, -0.1) is 10.2 Å². The molecule has 1 aromatic heterocycles. The van der Waals surface area contributed by atoms with Crippen molar-refractivity contribution in [2.75, 3.05) is 25.4 Å². The third kappa shape index (κ3) is 4.20. The zero-order valence-electron chi connectivity index (χ0n) is 17.8. The van der Waals surface area contributed by atoms with Gasteiger partial charge in [0.05, 0.1) is 24.2 Å². The normalized spacial score (nSPS) is 16.2. The Morgan fingerprint density at radius 1 is 0.812 bits per heavy atom. The maximum absolute atomic E-state index is 12.6. The standard InChI is InChI=1S/C24H25N5O2S/c30-22-19-10-4-5-11-20(19)23(31)28(22)14-15-32-24-26-25-21(17-27-12-6-7-13-27)29(24)16-18-8-2-1-3-9-18/h1-5,8-11H,6-7,12-17H2. The van der Waals surface area contributed by atoms with Crippen LogP contribution in [-0.4, -0.2) is 61.8 Å². The highest BCUT2D eigenvalue weighted by atomic mass is 32.2. The highest BCUT2D eigenvalue weighted by Gasteiger charge is 2.34. The average molecular weight is 448 g/mol. The summed E-state index contributed by atoms with van der Waals surface area (Å²) in [5.74, 6) is 1.10. The first kappa shape index (κ1) is 20.9. The number of aromatic nitrogens is 3. The molecule has 0 aliphatic carbocycles. The van der Waals surface area contributed by atoms with E-state index in [1.165, 1.54) is 35.1 Å². The molecule has 32 heavy (non-hydrogen) atoms. The lowest BCUT2D eigenvalue weighted by molar-refractivity contribution is 0.0664. The molecule has 0 radical (unpaired) electrons. The summed E-state index contributed by atoms with van der Waals surface area (Å²) in [4.78, 5) is 29.0. The molecule has 8 heteroatoms. The van der Waals surface area contributed by atoms with Crippen LogP contribution in [0, 0.1) is 0 Å². The molecule has 2 aromatic carbocycles. The predicted molar refractivity (Wildman–Crippen MR) is 123 cm³/mol. The van der Waals surface area contributed by atoms with Crippen LogP contribution in [0.4, 0.5) is 0 Å². The number of carbonyl (C=O) groups is 2. The van der Waals surface area contributed by atoms with Gasteiger partial charge in [-0.2, -0.15) is 0 Å². The van der Waals surface area contributed by atoms with Gasteiger partial charge in [0.1, 0.15) is 5.82 Å². The summed E-state index contributed by atoms with van der Waals surface area (Å²) in [7, 11) is 0. The van der Waals surface area contributed by atoms with Crippen molar-refractivity contribution in [1.82, 2.24) is 24.6 Å². The smallest absolute Gasteiger partial charge is 0.261 e. The van der Waals surface area contributed by atoms with E-state index in [9.17, 15) is 9.59 Å². The van der Waals surface area contributed by atoms with Crippen molar-refractivity contribution in [1.29, 1.82) is 0 Å². The molecule has 0 N–H and O–H groups in total. The van der Waals surface area contributed by atoms with Crippen molar-refractivity contribution in [3.8, 4) is 0 Å². The fourth-order valence-electron chi connectivity index (χ4n) is 4.28. The average Bonchev–Trinajstić information content (AvgIpc) is 3.52. The number of hydrogen-bond acceptors (Lipinski definition) is 6. The first-order chi connectivity index (χ1) is 15.7. The first-order valence-corrected chi connectivity index (χ1v) is 12.0. The maximum Gasteiger partial charge on any atom is 0.261 e. The van der Waals surface area contributed by atoms with Gasteiger partial charge in [0.25, 0.3) is 11.8 Å². The molecular weight excluding hydrogens is 422 g/mol. The molecule has 0 spiro atoms. The van der Waals surface area contributed by atoms with E-state index in [2.05, 4.69) is 31.8 Å². The Morgan fingerprint density at radius 3 is 2.16 bits per heavy atom. The van der Waals surface area contributed by atoms with Crippen LogP contribution in [0.5, 0.6) is 0 Å². The second-order valence-corrected chi connectivity index (χ2v) is 9.17. The summed E-state index contributed by atoms with van der Waals surface area (Å²) < 4.78 is 2.17. The van der Waals surface area contributed by atoms with E-state index in [1.54, 1.807) is 24.3 Å². The predicted octanol–water partition coefficient (Wildman–Crippen LogP) is 3.31. The number of rotatable bonds is 8. The molecule has 2 amide bonds. The van der Waals surface area contributed by atoms with E-state index in [4.69, 9.17) is 0 Å². The van der Waals surface area contributed by atoms with E-state index in [-0.39, 0.29) is 11.8 Å². The SMILES string of the molecule is O=C1c2ccccc2C(=O)N1CCSc1nnc(CN2CCCC2)n1Cc1ccccc1. The van der Waals surface area contributed by atoms with E-state index in [0.717, 1.165) is 30.6 Å². The summed E-state index contributed by atoms with van der Waals surface area (Å²) in [6.07, 6.45) is 2.46. The van der Waals surface area contributed by atoms with Gasteiger partial charge >= 0.3 is 0 Å². The van der Waals surface area contributed by atoms with Crippen LogP contribution in [-0.2, 0) is 13.1 Å². The Balaban J connectivity index is 1.29. The number of amides is 2. The highest BCUT2D eigenvalue weighted by molar-refractivity contribution is 7.99. The van der Waals surface area contributed by atoms with Gasteiger partial charge in [0.15, 0.2) is 5.16 Å². The molecular formula is C24H25N5O2S. The summed E-state index contributed by atoms with van der Waals surface area (Å²) in [5, 5.41) is 9.77. The number of imide groups is 1. The topological polar surface area (TPSA) is 71.3 Å². The second-order valence-electron chi connectivity index (χ2n) is 8.11. The summed E-state index contributed by atoms with van der Waals surface area (Å²) in [5.41, 5.74) is 2.17. The summed E-state index contributed by atoms with van der Waals surface area (Å²) in [6, 6.07) is 17.3. The van der Waals surface area contributed by atoms with Crippen molar-refractivity contribution in [3.05, 3.63) is 77.1 Å². The summed E-state index contributed by atoms with van der Waals surface area (Å²) in [6.45, 7) is 4.03. The Morgan fingerprint density at radius 2 is 1.47 bits per heavy atom. The number of benzene rings is 2. The molecule has 7 nitrogen and oxygen atoms in total. The van der Waals surface area contributed by atoms with Gasteiger partial charge in [-0.25, -0.2) is 0 Å². The highest BCUT2D eigenvalue weighted by Crippen LogP contribution is 2.25. The molecule has 0 unspecified atom stereocenters. The Hall–Kier alpha value is -2.97. The second kappa shape index (κ2) is 9.26. The lowest BCUT2D eigenvalue weighted by Gasteiger charge is -2.16. The van der Waals surface area contributed by atoms with E-state index >= 15 is 0 Å². The van der Waals surface area contributed by atoms with Gasteiger partial charge in [-0.1, -0.05) is 54.2 Å². The van der Waals surface area contributed by atoms with Gasteiger partial charge in [0, 0.05) is 12.3 Å². The van der Waals surface area contributed by atoms with E-state index in [0.29, 0.717) is 30.0 Å². The largest absolute Gasteiger partial charge is 0.300 e. The minimum atomic E-state index is -0.216. The first-order valence-electron chi connectivity index (χ1n) is 11.0. The van der Waals surface area contributed by atoms with E-state index in [1.807, 2.05) is 18.2 Å². The summed E-state index contributed by atoms with van der Waals surface area (Å²) >= 11 is 1.54. The van der Waals surface area contributed by atoms with Gasteiger partial charge in [-0.3, -0.25) is 19.4 Å². The number of thioether (sulfide) groups is 1. The number of likely N-dealkylation sites (tertiary alicyclic amines) is 1. The zero-order valence-corrected chi connectivity index (χ0v) is 18.6. The van der Waals surface area contributed by atoms with Crippen LogP contribution in [0.3, 0.4) is 0 Å². The maximum atomic E-state index is 12.6. The Bertz CT molecular complexity index is 1090. The number of nitrogens with zero attached hydrogens (tertiary/aromatic N) is 5. The quantitative estimate of drug-likeness (QED) is 0.390. The molecule has 3 heterocycles. The van der Waals surface area contributed by atoms with Crippen LogP contribution in [0.25, 0.3) is 0 Å². The van der Waals surface area contributed by atoms with Gasteiger partial charge in [-0.05, 0) is 43.6 Å². The molecule has 5 rings (SSSR count). The molecule has 0 atom stereocenters. The molecule has 0 saturated carbocycles. The van der Waals surface area contributed by atoms with E-state index < -0.39 is 0 Å². The number of fused-ring (bicyclic) bond motifs is 1. The monoisotopic (exact) mass is 447 g/mol. The third-order valence-corrected chi connectivity index (χ3v) is 6.91. The lowest BCUT2D eigenvalue weighted by Crippen LogP contribution is -2.31. The van der Waals surface area contributed by atoms with Crippen molar-refractivity contribution in [2.45, 2.75) is 31.1 Å². The van der Waals surface area contributed by atoms with Gasteiger partial charge in [0.2, 0.25) is 0 Å². The molecule has 164 valence electrons. The fraction of sp³-hybridized carbons (Fsp3) is 0.333. The van der Waals surface area contributed by atoms with Crippen LogP contribution >= 0.6 is 11.8 Å². The lowest BCUT2D eigenvalue weighted by atomic mass is 10.1. The zero-order chi connectivity index (χ0) is 21.9. The third-order valence-electron chi connectivity index (χ3n) is 5.96. The van der Waals surface area contributed by atoms with Crippen molar-refractivity contribution in [3.63, 3.8) is 0 Å². The molecule has 0 bridgehead atoms. The van der Waals surface area contributed by atoms with Crippen LogP contribution in [0.2, 0.25) is 0 Å². The van der Waals surface area contributed by atoms with Crippen molar-refractivity contribution >= 4 is 23.6 Å². The number of hydrogen-bond donors (Lipinski definition) is 0. The van der Waals surface area contributed by atoms with Crippen LogP contribution in [0.1, 0.15) is 44.9 Å². The Labute approximate surface area is 191 Å². The molecule has 1 fully saturated rings. The number of carbonyl (C=O) groups excluding carboxylic acids is 2. The molecule has 2 aliphatic rings. The molecule has 2 aliphatic heterocycles. The van der Waals surface area contributed by atoms with Crippen molar-refractivity contribution in [2.24, 2.45) is 0 Å². The van der Waals surface area contributed by atoms with Crippen LogP contribution < -0.4 is 0 Å². The minimum Gasteiger partial charge on any atom is -0.300 e. The molecule has 1 saturated heterocycles.